The number of aromatic nitrogens is 4. The van der Waals surface area contributed by atoms with E-state index in [9.17, 15) is 4.79 Å². The van der Waals surface area contributed by atoms with Crippen molar-refractivity contribution in [1.29, 1.82) is 0 Å². The van der Waals surface area contributed by atoms with Crippen molar-refractivity contribution in [3.8, 4) is 0 Å². The lowest BCUT2D eigenvalue weighted by Crippen LogP contribution is -2.31. The van der Waals surface area contributed by atoms with Gasteiger partial charge >= 0.3 is 0 Å². The highest BCUT2D eigenvalue weighted by Crippen LogP contribution is 2.34. The molecule has 2 aliphatic heterocycles. The van der Waals surface area contributed by atoms with E-state index in [-0.39, 0.29) is 5.91 Å². The van der Waals surface area contributed by atoms with Crippen molar-refractivity contribution in [2.45, 2.75) is 26.4 Å². The summed E-state index contributed by atoms with van der Waals surface area (Å²) in [5, 5.41) is 11.4. The van der Waals surface area contributed by atoms with Crippen molar-refractivity contribution in [2.75, 3.05) is 18.4 Å². The zero-order valence-corrected chi connectivity index (χ0v) is 16.5. The number of thiazole rings is 1. The smallest absolute Gasteiger partial charge is 0.293 e. The van der Waals surface area contributed by atoms with Crippen LogP contribution in [0.1, 0.15) is 27.0 Å². The molecule has 0 bridgehead atoms. The van der Waals surface area contributed by atoms with E-state index in [4.69, 9.17) is 0 Å². The Bertz CT molecular complexity index is 997. The van der Waals surface area contributed by atoms with Crippen LogP contribution in [0.3, 0.4) is 0 Å². The van der Waals surface area contributed by atoms with Crippen LogP contribution >= 0.6 is 11.3 Å². The van der Waals surface area contributed by atoms with Crippen LogP contribution in [0, 0.1) is 18.8 Å². The molecule has 8 heteroatoms. The third-order valence-corrected chi connectivity index (χ3v) is 6.71. The summed E-state index contributed by atoms with van der Waals surface area (Å²) in [6.07, 6.45) is 0.883. The predicted molar refractivity (Wildman–Crippen MR) is 107 cm³/mol. The molecule has 144 valence electrons. The summed E-state index contributed by atoms with van der Waals surface area (Å²) in [4.78, 5) is 20.9. The maximum absolute atomic E-state index is 12.7. The monoisotopic (exact) mass is 394 g/mol. The van der Waals surface area contributed by atoms with Gasteiger partial charge in [-0.05, 0) is 30.9 Å². The second kappa shape index (κ2) is 7.10. The molecule has 28 heavy (non-hydrogen) atoms. The Labute approximate surface area is 167 Å². The lowest BCUT2D eigenvalue weighted by molar-refractivity contribution is 0.100. The molecule has 0 aliphatic carbocycles. The molecule has 1 fully saturated rings. The minimum atomic E-state index is -0.196. The summed E-state index contributed by atoms with van der Waals surface area (Å²) in [6.45, 7) is 5.96. The standard InChI is InChI=1S/C20H22N6OS/c1-13-17(28-12-21-13)11-25-8-14-7-18-23-24-19(26(18)10-15(14)9-25)20(27)22-16-5-3-2-4-6-16/h2-6,12,14-15H,7-11H2,1H3,(H,22,27)/t14-,15+/m0/s1. The molecule has 1 N–H and O–H groups in total. The molecule has 2 atom stereocenters. The molecule has 1 amide bonds. The normalized spacial score (nSPS) is 21.3. The number of nitrogens with one attached hydrogen (secondary N) is 1. The van der Waals surface area contributed by atoms with Crippen molar-refractivity contribution in [1.82, 2.24) is 24.6 Å². The molecule has 0 saturated carbocycles. The number of carbonyl (C=O) groups is 1. The Balaban J connectivity index is 1.29. The van der Waals surface area contributed by atoms with E-state index in [0.717, 1.165) is 49.8 Å². The Kier molecular flexibility index (Phi) is 4.44. The molecule has 5 rings (SSSR count). The first-order chi connectivity index (χ1) is 13.7. The first-order valence-corrected chi connectivity index (χ1v) is 10.4. The number of benzene rings is 1. The van der Waals surface area contributed by atoms with E-state index < -0.39 is 0 Å². The Morgan fingerprint density at radius 3 is 2.79 bits per heavy atom. The summed E-state index contributed by atoms with van der Waals surface area (Å²) >= 11 is 1.73. The van der Waals surface area contributed by atoms with Crippen LogP contribution < -0.4 is 5.32 Å². The number of aryl methyl sites for hydroxylation is 1. The first kappa shape index (κ1) is 17.5. The lowest BCUT2D eigenvalue weighted by Gasteiger charge is -2.25. The van der Waals surface area contributed by atoms with Crippen LogP contribution in [0.2, 0.25) is 0 Å². The maximum Gasteiger partial charge on any atom is 0.293 e. The summed E-state index contributed by atoms with van der Waals surface area (Å²) < 4.78 is 2.01. The van der Waals surface area contributed by atoms with Crippen LogP contribution in [0.5, 0.6) is 0 Å². The van der Waals surface area contributed by atoms with Crippen molar-refractivity contribution in [3.63, 3.8) is 0 Å². The average molecular weight is 395 g/mol. The van der Waals surface area contributed by atoms with Gasteiger partial charge in [0.05, 0.1) is 11.2 Å². The van der Waals surface area contributed by atoms with Crippen LogP contribution in [0.4, 0.5) is 5.69 Å². The Morgan fingerprint density at radius 1 is 1.18 bits per heavy atom. The summed E-state index contributed by atoms with van der Waals surface area (Å²) in [5.74, 6) is 2.25. The fraction of sp³-hybridized carbons (Fsp3) is 0.400. The van der Waals surface area contributed by atoms with Crippen molar-refractivity contribution >= 4 is 22.9 Å². The van der Waals surface area contributed by atoms with Gasteiger partial charge in [0.15, 0.2) is 0 Å². The number of carbonyl (C=O) groups excluding carboxylic acids is 1. The quantitative estimate of drug-likeness (QED) is 0.736. The van der Waals surface area contributed by atoms with E-state index in [1.54, 1.807) is 11.3 Å². The highest BCUT2D eigenvalue weighted by atomic mass is 32.1. The largest absolute Gasteiger partial charge is 0.319 e. The summed E-state index contributed by atoms with van der Waals surface area (Å²) in [6, 6.07) is 9.47. The molecule has 7 nitrogen and oxygen atoms in total. The number of fused-ring (bicyclic) bond motifs is 2. The van der Waals surface area contributed by atoms with Crippen LogP contribution in [-0.4, -0.2) is 43.6 Å². The van der Waals surface area contributed by atoms with Crippen molar-refractivity contribution < 1.29 is 4.79 Å². The zero-order valence-electron chi connectivity index (χ0n) is 15.7. The molecule has 1 aromatic carbocycles. The van der Waals surface area contributed by atoms with Gasteiger partial charge in [0, 0.05) is 43.2 Å². The SMILES string of the molecule is Cc1ncsc1CN1C[C@@H]2Cn3c(nnc3C(=O)Nc3ccccc3)C[C@H]2C1. The zero-order chi connectivity index (χ0) is 19.1. The number of hydrogen-bond acceptors (Lipinski definition) is 6. The molecule has 4 heterocycles. The van der Waals surface area contributed by atoms with Gasteiger partial charge in [0.2, 0.25) is 5.82 Å². The molecule has 2 aliphatic rings. The van der Waals surface area contributed by atoms with Gasteiger partial charge in [0.25, 0.3) is 5.91 Å². The van der Waals surface area contributed by atoms with Gasteiger partial charge in [-0.3, -0.25) is 9.69 Å². The van der Waals surface area contributed by atoms with E-state index >= 15 is 0 Å². The Morgan fingerprint density at radius 2 is 2.00 bits per heavy atom. The summed E-state index contributed by atoms with van der Waals surface area (Å²) in [5.41, 5.74) is 3.83. The van der Waals surface area contributed by atoms with E-state index in [2.05, 4.69) is 32.3 Å². The second-order valence-corrected chi connectivity index (χ2v) is 8.59. The predicted octanol–water partition coefficient (Wildman–Crippen LogP) is 2.60. The molecule has 0 unspecified atom stereocenters. The first-order valence-electron chi connectivity index (χ1n) is 9.57. The molecular weight excluding hydrogens is 372 g/mol. The fourth-order valence-corrected chi connectivity index (χ4v) is 5.13. The molecule has 1 saturated heterocycles. The van der Waals surface area contributed by atoms with Crippen molar-refractivity contribution in [3.05, 3.63) is 58.1 Å². The van der Waals surface area contributed by atoms with Gasteiger partial charge in [-0.1, -0.05) is 18.2 Å². The van der Waals surface area contributed by atoms with Gasteiger partial charge < -0.3 is 9.88 Å². The molecule has 0 spiro atoms. The molecule has 0 radical (unpaired) electrons. The molecule has 3 aromatic rings. The van der Waals surface area contributed by atoms with Crippen molar-refractivity contribution in [2.24, 2.45) is 11.8 Å². The highest BCUT2D eigenvalue weighted by Gasteiger charge is 2.39. The van der Waals surface area contributed by atoms with E-state index in [1.807, 2.05) is 40.4 Å². The highest BCUT2D eigenvalue weighted by molar-refractivity contribution is 7.09. The number of hydrogen-bond donors (Lipinski definition) is 1. The molecule has 2 aromatic heterocycles. The summed E-state index contributed by atoms with van der Waals surface area (Å²) in [7, 11) is 0. The number of para-hydroxylation sites is 1. The average Bonchev–Trinajstić information content (AvgIpc) is 3.39. The van der Waals surface area contributed by atoms with Crippen LogP contribution in [-0.2, 0) is 19.5 Å². The van der Waals surface area contributed by atoms with E-state index in [0.29, 0.717) is 17.7 Å². The maximum atomic E-state index is 12.7. The fourth-order valence-electron chi connectivity index (χ4n) is 4.31. The number of likely N-dealkylation sites (tertiary alicyclic amines) is 1. The van der Waals surface area contributed by atoms with E-state index in [1.165, 1.54) is 4.88 Å². The number of amides is 1. The van der Waals surface area contributed by atoms with Gasteiger partial charge in [-0.25, -0.2) is 4.98 Å². The number of rotatable bonds is 4. The van der Waals surface area contributed by atoms with Gasteiger partial charge in [0.1, 0.15) is 5.82 Å². The number of nitrogens with zero attached hydrogens (tertiary/aromatic N) is 5. The third kappa shape index (κ3) is 3.22. The minimum absolute atomic E-state index is 0.196. The van der Waals surface area contributed by atoms with Gasteiger partial charge in [-0.15, -0.1) is 21.5 Å². The number of anilines is 1. The molecular formula is C20H22N6OS. The third-order valence-electron chi connectivity index (χ3n) is 5.79. The second-order valence-electron chi connectivity index (χ2n) is 7.65. The lowest BCUT2D eigenvalue weighted by atomic mass is 9.89. The topological polar surface area (TPSA) is 75.9 Å². The van der Waals surface area contributed by atoms with Gasteiger partial charge in [-0.2, -0.15) is 0 Å². The van der Waals surface area contributed by atoms with Crippen LogP contribution in [0.15, 0.2) is 35.8 Å². The van der Waals surface area contributed by atoms with Crippen LogP contribution in [0.25, 0.3) is 0 Å². The minimum Gasteiger partial charge on any atom is -0.319 e. The Hall–Kier alpha value is -2.58.